The lowest BCUT2D eigenvalue weighted by Gasteiger charge is -2.08. The molecule has 5 nitrogen and oxygen atoms in total. The number of hydrogen-bond donors (Lipinski definition) is 3. The van der Waals surface area contributed by atoms with Crippen LogP contribution in [0, 0.1) is 0 Å². The maximum Gasteiger partial charge on any atom is 0.336 e. The topological polar surface area (TPSA) is 87.0 Å². The third-order valence-electron chi connectivity index (χ3n) is 1.51. The summed E-state index contributed by atoms with van der Waals surface area (Å²) in [6.45, 7) is -0.348. The average Bonchev–Trinajstić information content (AvgIpc) is 2.14. The van der Waals surface area contributed by atoms with E-state index in [9.17, 15) is 4.79 Å². The molecule has 0 aliphatic rings. The van der Waals surface area contributed by atoms with Crippen molar-refractivity contribution in [1.29, 1.82) is 0 Å². The Morgan fingerprint density at radius 3 is 2.79 bits per heavy atom. The molecule has 0 aliphatic carbocycles. The highest BCUT2D eigenvalue weighted by atomic mass is 16.5. The molecule has 76 valence electrons. The van der Waals surface area contributed by atoms with Crippen LogP contribution >= 0.6 is 0 Å². The normalized spacial score (nSPS) is 12.1. The highest BCUT2D eigenvalue weighted by Gasteiger charge is 2.13. The summed E-state index contributed by atoms with van der Waals surface area (Å²) in [5.41, 5.74) is 0. The SMILES string of the molecule is O=C(O)C(O)COc1cccc(O)c1. The Labute approximate surface area is 80.2 Å². The molecule has 1 unspecified atom stereocenters. The molecule has 0 amide bonds. The molecule has 1 atom stereocenters. The molecule has 0 saturated carbocycles. The monoisotopic (exact) mass is 198 g/mol. The predicted octanol–water partition coefficient (Wildman–Crippen LogP) is 0.217. The Balaban J connectivity index is 2.49. The fourth-order valence-electron chi connectivity index (χ4n) is 0.820. The molecule has 5 heteroatoms. The van der Waals surface area contributed by atoms with Crippen molar-refractivity contribution >= 4 is 5.97 Å². The van der Waals surface area contributed by atoms with Gasteiger partial charge in [0, 0.05) is 6.07 Å². The third-order valence-corrected chi connectivity index (χ3v) is 1.51. The van der Waals surface area contributed by atoms with Gasteiger partial charge in [0.1, 0.15) is 18.1 Å². The molecule has 0 radical (unpaired) electrons. The van der Waals surface area contributed by atoms with Crippen molar-refractivity contribution in [3.8, 4) is 11.5 Å². The van der Waals surface area contributed by atoms with E-state index in [1.54, 1.807) is 12.1 Å². The van der Waals surface area contributed by atoms with Crippen LogP contribution in [0.3, 0.4) is 0 Å². The molecule has 14 heavy (non-hydrogen) atoms. The lowest BCUT2D eigenvalue weighted by atomic mass is 10.3. The molecule has 0 bridgehead atoms. The van der Waals surface area contributed by atoms with Gasteiger partial charge in [-0.2, -0.15) is 0 Å². The summed E-state index contributed by atoms with van der Waals surface area (Å²) >= 11 is 0. The molecule has 0 aliphatic heterocycles. The summed E-state index contributed by atoms with van der Waals surface area (Å²) in [5.74, 6) is -1.01. The van der Waals surface area contributed by atoms with Crippen LogP contribution in [0.25, 0.3) is 0 Å². The van der Waals surface area contributed by atoms with Crippen LogP contribution in [0.4, 0.5) is 0 Å². The Bertz CT molecular complexity index is 323. The summed E-state index contributed by atoms with van der Waals surface area (Å²) in [5, 5.41) is 26.2. The third kappa shape index (κ3) is 2.95. The van der Waals surface area contributed by atoms with E-state index in [0.29, 0.717) is 5.75 Å². The number of benzene rings is 1. The van der Waals surface area contributed by atoms with Gasteiger partial charge in [0.25, 0.3) is 0 Å². The Hall–Kier alpha value is -1.75. The highest BCUT2D eigenvalue weighted by molar-refractivity contribution is 5.72. The number of hydrogen-bond acceptors (Lipinski definition) is 4. The molecule has 0 spiro atoms. The van der Waals surface area contributed by atoms with E-state index >= 15 is 0 Å². The summed E-state index contributed by atoms with van der Waals surface area (Å²) in [6.07, 6.45) is -1.56. The first-order valence-electron chi connectivity index (χ1n) is 3.92. The van der Waals surface area contributed by atoms with Gasteiger partial charge in [-0.05, 0) is 12.1 Å². The number of aliphatic hydroxyl groups is 1. The van der Waals surface area contributed by atoms with Crippen molar-refractivity contribution in [3.05, 3.63) is 24.3 Å². The molecule has 1 aromatic carbocycles. The summed E-state index contributed by atoms with van der Waals surface area (Å²) < 4.78 is 4.92. The summed E-state index contributed by atoms with van der Waals surface area (Å²) in [6, 6.07) is 5.89. The standard InChI is InChI=1S/C9H10O5/c10-6-2-1-3-7(4-6)14-5-8(11)9(12)13/h1-4,8,10-11H,5H2,(H,12,13). The van der Waals surface area contributed by atoms with Crippen LogP contribution in [-0.4, -0.2) is 34.0 Å². The number of carboxylic acids is 1. The maximum atomic E-state index is 10.2. The molecular weight excluding hydrogens is 188 g/mol. The average molecular weight is 198 g/mol. The molecule has 3 N–H and O–H groups in total. The minimum absolute atomic E-state index is 0.0207. The maximum absolute atomic E-state index is 10.2. The van der Waals surface area contributed by atoms with Crippen molar-refractivity contribution in [2.24, 2.45) is 0 Å². The lowest BCUT2D eigenvalue weighted by Crippen LogP contribution is -2.26. The number of phenols is 1. The minimum atomic E-state index is -1.56. The van der Waals surface area contributed by atoms with Gasteiger partial charge in [0.15, 0.2) is 6.10 Å². The van der Waals surface area contributed by atoms with Gasteiger partial charge in [-0.25, -0.2) is 4.79 Å². The van der Waals surface area contributed by atoms with Gasteiger partial charge in [0.2, 0.25) is 0 Å². The first-order valence-corrected chi connectivity index (χ1v) is 3.92. The molecule has 1 aromatic rings. The van der Waals surface area contributed by atoms with Crippen LogP contribution in [0.2, 0.25) is 0 Å². The molecule has 0 saturated heterocycles. The number of aliphatic hydroxyl groups excluding tert-OH is 1. The first kappa shape index (κ1) is 10.3. The summed E-state index contributed by atoms with van der Waals surface area (Å²) in [4.78, 5) is 10.2. The summed E-state index contributed by atoms with van der Waals surface area (Å²) in [7, 11) is 0. The van der Waals surface area contributed by atoms with Gasteiger partial charge < -0.3 is 20.1 Å². The zero-order chi connectivity index (χ0) is 10.6. The lowest BCUT2D eigenvalue weighted by molar-refractivity contribution is -0.148. The number of phenolic OH excluding ortho intramolecular Hbond substituents is 1. The fourth-order valence-corrected chi connectivity index (χ4v) is 0.820. The Kier molecular flexibility index (Phi) is 3.30. The van der Waals surface area contributed by atoms with E-state index < -0.39 is 12.1 Å². The second-order valence-electron chi connectivity index (χ2n) is 2.66. The van der Waals surface area contributed by atoms with Gasteiger partial charge >= 0.3 is 5.97 Å². The smallest absolute Gasteiger partial charge is 0.336 e. The number of ether oxygens (including phenoxy) is 1. The molecular formula is C9H10O5. The number of aromatic hydroxyl groups is 1. The van der Waals surface area contributed by atoms with E-state index in [0.717, 1.165) is 0 Å². The highest BCUT2D eigenvalue weighted by Crippen LogP contribution is 2.17. The van der Waals surface area contributed by atoms with Crippen LogP contribution in [0.15, 0.2) is 24.3 Å². The number of carboxylic acid groups (broad SMARTS) is 1. The Morgan fingerprint density at radius 1 is 1.50 bits per heavy atom. The van der Waals surface area contributed by atoms with E-state index in [2.05, 4.69) is 0 Å². The fraction of sp³-hybridized carbons (Fsp3) is 0.222. The van der Waals surface area contributed by atoms with E-state index in [1.165, 1.54) is 12.1 Å². The van der Waals surface area contributed by atoms with Crippen LogP contribution in [-0.2, 0) is 4.79 Å². The van der Waals surface area contributed by atoms with Gasteiger partial charge in [-0.3, -0.25) is 0 Å². The number of rotatable bonds is 4. The predicted molar refractivity (Wildman–Crippen MR) is 47.2 cm³/mol. The molecule has 0 aromatic heterocycles. The van der Waals surface area contributed by atoms with E-state index in [4.69, 9.17) is 20.1 Å². The quantitative estimate of drug-likeness (QED) is 0.644. The van der Waals surface area contributed by atoms with Gasteiger partial charge in [0.05, 0.1) is 0 Å². The van der Waals surface area contributed by atoms with Crippen LogP contribution in [0.5, 0.6) is 11.5 Å². The number of carbonyl (C=O) groups is 1. The molecule has 1 rings (SSSR count). The number of aliphatic carboxylic acids is 1. The molecule has 0 heterocycles. The Morgan fingerprint density at radius 2 is 2.21 bits per heavy atom. The van der Waals surface area contributed by atoms with Crippen molar-refractivity contribution in [1.82, 2.24) is 0 Å². The minimum Gasteiger partial charge on any atom is -0.508 e. The second kappa shape index (κ2) is 4.48. The first-order chi connectivity index (χ1) is 6.59. The zero-order valence-electron chi connectivity index (χ0n) is 7.25. The van der Waals surface area contributed by atoms with Crippen molar-refractivity contribution in [2.75, 3.05) is 6.61 Å². The van der Waals surface area contributed by atoms with Crippen LogP contribution in [0.1, 0.15) is 0 Å². The largest absolute Gasteiger partial charge is 0.508 e. The van der Waals surface area contributed by atoms with E-state index in [1.807, 2.05) is 0 Å². The van der Waals surface area contributed by atoms with Crippen molar-refractivity contribution in [2.45, 2.75) is 6.10 Å². The van der Waals surface area contributed by atoms with Crippen LogP contribution < -0.4 is 4.74 Å². The molecule has 0 fully saturated rings. The van der Waals surface area contributed by atoms with Gasteiger partial charge in [-0.1, -0.05) is 6.07 Å². The zero-order valence-corrected chi connectivity index (χ0v) is 7.25. The van der Waals surface area contributed by atoms with Crippen molar-refractivity contribution < 1.29 is 24.9 Å². The second-order valence-corrected chi connectivity index (χ2v) is 2.66. The van der Waals surface area contributed by atoms with E-state index in [-0.39, 0.29) is 12.4 Å². The van der Waals surface area contributed by atoms with Crippen molar-refractivity contribution in [3.63, 3.8) is 0 Å². The van der Waals surface area contributed by atoms with Gasteiger partial charge in [-0.15, -0.1) is 0 Å².